The zero-order chi connectivity index (χ0) is 12.4. The van der Waals surface area contributed by atoms with Gasteiger partial charge in [0.05, 0.1) is 5.92 Å². The summed E-state index contributed by atoms with van der Waals surface area (Å²) in [6.07, 6.45) is 4.41. The van der Waals surface area contributed by atoms with Gasteiger partial charge in [0.1, 0.15) is 5.78 Å². The largest absolute Gasteiger partial charge is 0.481 e. The molecule has 2 bridgehead atoms. The van der Waals surface area contributed by atoms with Gasteiger partial charge in [-0.25, -0.2) is 0 Å². The number of carboxylic acid groups (broad SMARTS) is 1. The molecule has 3 rings (SSSR count). The van der Waals surface area contributed by atoms with E-state index in [2.05, 4.69) is 13.8 Å². The van der Waals surface area contributed by atoms with Crippen molar-refractivity contribution in [2.45, 2.75) is 46.0 Å². The van der Waals surface area contributed by atoms with Crippen molar-refractivity contribution in [2.24, 2.45) is 28.6 Å². The number of carboxylic acids is 1. The molecule has 0 heterocycles. The number of ketones is 1. The van der Waals surface area contributed by atoms with Crippen LogP contribution >= 0.6 is 0 Å². The van der Waals surface area contributed by atoms with E-state index in [9.17, 15) is 9.59 Å². The first-order valence-corrected chi connectivity index (χ1v) is 6.64. The molecule has 5 atom stereocenters. The molecule has 0 aromatic rings. The lowest BCUT2D eigenvalue weighted by molar-refractivity contribution is -0.143. The summed E-state index contributed by atoms with van der Waals surface area (Å²) in [4.78, 5) is 23.6. The highest BCUT2D eigenvalue weighted by atomic mass is 16.4. The molecule has 3 saturated carbocycles. The van der Waals surface area contributed by atoms with Crippen molar-refractivity contribution in [3.05, 3.63) is 0 Å². The van der Waals surface area contributed by atoms with Crippen LogP contribution in [0.4, 0.5) is 0 Å². The van der Waals surface area contributed by atoms with E-state index in [4.69, 9.17) is 5.11 Å². The van der Waals surface area contributed by atoms with Crippen molar-refractivity contribution < 1.29 is 14.7 Å². The Morgan fingerprint density at radius 3 is 2.65 bits per heavy atom. The van der Waals surface area contributed by atoms with Crippen LogP contribution in [-0.4, -0.2) is 16.9 Å². The Morgan fingerprint density at radius 1 is 1.29 bits per heavy atom. The molecule has 17 heavy (non-hydrogen) atoms. The second-order valence-electron chi connectivity index (χ2n) is 6.88. The van der Waals surface area contributed by atoms with Crippen LogP contribution in [0.2, 0.25) is 0 Å². The summed E-state index contributed by atoms with van der Waals surface area (Å²) in [7, 11) is 0. The van der Waals surface area contributed by atoms with Crippen molar-refractivity contribution in [3.63, 3.8) is 0 Å². The molecule has 3 nitrogen and oxygen atoms in total. The van der Waals surface area contributed by atoms with Crippen LogP contribution in [0.5, 0.6) is 0 Å². The van der Waals surface area contributed by atoms with Crippen LogP contribution in [-0.2, 0) is 9.59 Å². The number of carbonyl (C=O) groups is 2. The molecule has 1 N–H and O–H groups in total. The Kier molecular flexibility index (Phi) is 2.06. The zero-order valence-corrected chi connectivity index (χ0v) is 10.5. The Hall–Kier alpha value is -0.860. The van der Waals surface area contributed by atoms with Crippen molar-refractivity contribution in [2.75, 3.05) is 0 Å². The molecular weight excluding hydrogens is 216 g/mol. The van der Waals surface area contributed by atoms with E-state index in [1.54, 1.807) is 0 Å². The standard InChI is InChI=1S/C14H20O3/c1-13-3-4-14(2,12(13)17)10-6-8(11(15)16)5-9(10)7-13/h8-10H,3-7H2,1-2H3,(H,15,16)/t8-,9+,10+,13+,14-/m1/s1. The van der Waals surface area contributed by atoms with Gasteiger partial charge >= 0.3 is 5.97 Å². The number of hydrogen-bond acceptors (Lipinski definition) is 2. The lowest BCUT2D eigenvalue weighted by Crippen LogP contribution is -2.45. The maximum absolute atomic E-state index is 12.5. The first kappa shape index (κ1) is 11.2. The molecule has 0 radical (unpaired) electrons. The summed E-state index contributed by atoms with van der Waals surface area (Å²) in [6, 6.07) is 0. The monoisotopic (exact) mass is 236 g/mol. The fraction of sp³-hybridized carbons (Fsp3) is 0.857. The van der Waals surface area contributed by atoms with Crippen LogP contribution in [0.25, 0.3) is 0 Å². The third kappa shape index (κ3) is 1.28. The molecule has 0 aromatic carbocycles. The fourth-order valence-electron chi connectivity index (χ4n) is 4.91. The maximum atomic E-state index is 12.5. The number of hydrogen-bond donors (Lipinski definition) is 1. The van der Waals surface area contributed by atoms with Crippen LogP contribution in [0.1, 0.15) is 46.0 Å². The Bertz CT molecular complexity index is 402. The topological polar surface area (TPSA) is 54.4 Å². The highest BCUT2D eigenvalue weighted by Gasteiger charge is 2.63. The molecule has 3 aliphatic rings. The molecule has 0 unspecified atom stereocenters. The first-order chi connectivity index (χ1) is 7.87. The lowest BCUT2D eigenvalue weighted by atomic mass is 9.60. The average molecular weight is 236 g/mol. The molecule has 0 amide bonds. The van der Waals surface area contributed by atoms with Gasteiger partial charge in [-0.3, -0.25) is 9.59 Å². The maximum Gasteiger partial charge on any atom is 0.306 e. The van der Waals surface area contributed by atoms with Gasteiger partial charge in [-0.15, -0.1) is 0 Å². The van der Waals surface area contributed by atoms with E-state index in [1.165, 1.54) is 0 Å². The number of rotatable bonds is 1. The Balaban J connectivity index is 1.95. The van der Waals surface area contributed by atoms with E-state index >= 15 is 0 Å². The van der Waals surface area contributed by atoms with Crippen LogP contribution in [0.3, 0.4) is 0 Å². The number of aliphatic carboxylic acids is 1. The third-order valence-electron chi connectivity index (χ3n) is 5.84. The van der Waals surface area contributed by atoms with Gasteiger partial charge in [0, 0.05) is 10.8 Å². The van der Waals surface area contributed by atoms with Crippen molar-refractivity contribution in [1.82, 2.24) is 0 Å². The van der Waals surface area contributed by atoms with Gasteiger partial charge in [-0.05, 0) is 43.9 Å². The minimum Gasteiger partial charge on any atom is -0.481 e. The van der Waals surface area contributed by atoms with Crippen molar-refractivity contribution >= 4 is 11.8 Å². The quantitative estimate of drug-likeness (QED) is 0.761. The summed E-state index contributed by atoms with van der Waals surface area (Å²) >= 11 is 0. The Labute approximate surface area is 102 Å². The minimum absolute atomic E-state index is 0.149. The molecular formula is C14H20O3. The number of fused-ring (bicyclic) bond motifs is 4. The van der Waals surface area contributed by atoms with E-state index in [0.29, 0.717) is 17.6 Å². The molecule has 3 fully saturated rings. The van der Waals surface area contributed by atoms with Crippen molar-refractivity contribution in [3.8, 4) is 0 Å². The second kappa shape index (κ2) is 3.12. The fourth-order valence-corrected chi connectivity index (χ4v) is 4.91. The van der Waals surface area contributed by atoms with E-state index < -0.39 is 5.97 Å². The second-order valence-corrected chi connectivity index (χ2v) is 6.88. The molecule has 94 valence electrons. The van der Waals surface area contributed by atoms with Crippen molar-refractivity contribution in [1.29, 1.82) is 0 Å². The van der Waals surface area contributed by atoms with E-state index in [-0.39, 0.29) is 16.7 Å². The summed E-state index contributed by atoms with van der Waals surface area (Å²) in [5.41, 5.74) is -0.370. The summed E-state index contributed by atoms with van der Waals surface area (Å²) in [5.74, 6) is 0.323. The van der Waals surface area contributed by atoms with Gasteiger partial charge in [0.25, 0.3) is 0 Å². The Morgan fingerprint density at radius 2 is 2.00 bits per heavy atom. The van der Waals surface area contributed by atoms with Gasteiger partial charge < -0.3 is 5.11 Å². The molecule has 0 aliphatic heterocycles. The van der Waals surface area contributed by atoms with Gasteiger partial charge in [0.2, 0.25) is 0 Å². The molecule has 0 aromatic heterocycles. The number of carbonyl (C=O) groups excluding carboxylic acids is 1. The first-order valence-electron chi connectivity index (χ1n) is 6.64. The third-order valence-corrected chi connectivity index (χ3v) is 5.84. The van der Waals surface area contributed by atoms with Gasteiger partial charge in [0.15, 0.2) is 0 Å². The normalized spacial score (nSPS) is 52.6. The zero-order valence-electron chi connectivity index (χ0n) is 10.5. The minimum atomic E-state index is -0.670. The smallest absolute Gasteiger partial charge is 0.306 e. The lowest BCUT2D eigenvalue weighted by Gasteiger charge is -2.42. The highest BCUT2D eigenvalue weighted by Crippen LogP contribution is 2.64. The van der Waals surface area contributed by atoms with Crippen LogP contribution < -0.4 is 0 Å². The highest BCUT2D eigenvalue weighted by molar-refractivity contribution is 5.93. The predicted molar refractivity (Wildman–Crippen MR) is 62.4 cm³/mol. The molecule has 3 aliphatic carbocycles. The SMILES string of the molecule is C[C@@]12CC[C@@](C)(C1=O)[C@H]1C[C@H](C(=O)O)C[C@H]1C2. The summed E-state index contributed by atoms with van der Waals surface area (Å²) in [5, 5.41) is 9.16. The van der Waals surface area contributed by atoms with Crippen LogP contribution in [0, 0.1) is 28.6 Å². The molecule has 0 spiro atoms. The predicted octanol–water partition coefficient (Wildman–Crippen LogP) is 2.49. The van der Waals surface area contributed by atoms with Gasteiger partial charge in [-0.1, -0.05) is 13.8 Å². The molecule has 3 heteroatoms. The summed E-state index contributed by atoms with van der Waals surface area (Å²) < 4.78 is 0. The summed E-state index contributed by atoms with van der Waals surface area (Å²) in [6.45, 7) is 4.17. The average Bonchev–Trinajstić information content (AvgIpc) is 2.74. The number of Topliss-reactive ketones (excluding diaryl/α,β-unsaturated/α-hetero) is 1. The molecule has 0 saturated heterocycles. The van der Waals surface area contributed by atoms with Crippen LogP contribution in [0.15, 0.2) is 0 Å². The van der Waals surface area contributed by atoms with Gasteiger partial charge in [-0.2, -0.15) is 0 Å². The van der Waals surface area contributed by atoms with E-state index in [0.717, 1.165) is 32.1 Å². The van der Waals surface area contributed by atoms with E-state index in [1.807, 2.05) is 0 Å².